The van der Waals surface area contributed by atoms with Gasteiger partial charge in [-0.05, 0) is 32.2 Å². The minimum atomic E-state index is -2.92. The van der Waals surface area contributed by atoms with Crippen LogP contribution < -0.4 is 4.90 Å². The Hall–Kier alpha value is -2.08. The number of likely N-dealkylation sites (N-methyl/N-ethyl adjacent to an activating group) is 1. The maximum absolute atomic E-state index is 11.7. The third-order valence-corrected chi connectivity index (χ3v) is 3.05. The summed E-state index contributed by atoms with van der Waals surface area (Å²) in [5.74, 6) is -0.180. The van der Waals surface area contributed by atoms with Crippen molar-refractivity contribution in [1.82, 2.24) is 14.9 Å². The molecule has 1 aromatic carbocycles. The van der Waals surface area contributed by atoms with Gasteiger partial charge in [0.15, 0.2) is 0 Å². The number of aromatic nitrogens is 2. The largest absolute Gasteiger partial charge is 0.466 e. The fraction of sp³-hybridized carbons (Fsp3) is 0.500. The highest BCUT2D eigenvalue weighted by Gasteiger charge is 2.15. The average Bonchev–Trinajstić information content (AvgIpc) is 3.01. The molecule has 1 saturated heterocycles. The molecule has 2 aromatic rings. The lowest BCUT2D eigenvalue weighted by molar-refractivity contribution is -0.142. The van der Waals surface area contributed by atoms with Gasteiger partial charge in [-0.1, -0.05) is 0 Å². The zero-order valence-corrected chi connectivity index (χ0v) is 12.3. The predicted molar refractivity (Wildman–Crippen MR) is 86.1 cm³/mol. The topological polar surface area (TPSA) is 61.5 Å². The van der Waals surface area contributed by atoms with Crippen molar-refractivity contribution in [2.24, 2.45) is 0 Å². The first-order valence-corrected chi connectivity index (χ1v) is 6.86. The van der Waals surface area contributed by atoms with Crippen molar-refractivity contribution in [3.8, 4) is 0 Å². The molecule has 0 aliphatic carbocycles. The van der Waals surface area contributed by atoms with Crippen LogP contribution in [0.1, 0.15) is 23.7 Å². The van der Waals surface area contributed by atoms with Crippen LogP contribution in [0.25, 0.3) is 11.0 Å². The highest BCUT2D eigenvalue weighted by atomic mass is 16.5. The van der Waals surface area contributed by atoms with E-state index >= 15 is 0 Å². The highest BCUT2D eigenvalue weighted by molar-refractivity contribution is 5.81. The number of hydrogen-bond acceptors (Lipinski definition) is 5. The number of H-pyrrole nitrogens is 1. The second-order valence-corrected chi connectivity index (χ2v) is 4.71. The molecule has 22 heavy (non-hydrogen) atoms. The Balaban J connectivity index is 2.09. The fourth-order valence-electron chi connectivity index (χ4n) is 2.06. The lowest BCUT2D eigenvalue weighted by atomic mass is 10.2. The third kappa shape index (κ3) is 3.22. The zero-order chi connectivity index (χ0) is 22.7. The summed E-state index contributed by atoms with van der Waals surface area (Å²) in [4.78, 5) is 19.7. The number of anilines is 1. The van der Waals surface area contributed by atoms with E-state index in [1.807, 2.05) is 0 Å². The van der Waals surface area contributed by atoms with E-state index in [2.05, 4.69) is 9.97 Å². The number of aromatic amines is 1. The number of benzene rings is 1. The summed E-state index contributed by atoms with van der Waals surface area (Å²) in [6, 6.07) is 4.15. The van der Waals surface area contributed by atoms with Crippen molar-refractivity contribution in [1.29, 1.82) is 0 Å². The number of hydrogen-bond donors (Lipinski definition) is 1. The average molecular weight is 310 g/mol. The van der Waals surface area contributed by atoms with E-state index in [-0.39, 0.29) is 18.7 Å². The van der Waals surface area contributed by atoms with E-state index in [0.29, 0.717) is 26.7 Å². The summed E-state index contributed by atoms with van der Waals surface area (Å²) in [6.45, 7) is -9.63. The van der Waals surface area contributed by atoms with E-state index in [4.69, 9.17) is 15.7 Å². The van der Waals surface area contributed by atoms with E-state index < -0.39 is 32.0 Å². The first-order valence-electron chi connectivity index (χ1n) is 10.9. The van der Waals surface area contributed by atoms with Gasteiger partial charge in [-0.15, -0.1) is 0 Å². The number of carbonyl (C=O) groups excluding carboxylic acids is 1. The van der Waals surface area contributed by atoms with Crippen LogP contribution in [0, 0.1) is 0 Å². The molecule has 0 radical (unpaired) electrons. The zero-order valence-electron chi connectivity index (χ0n) is 20.3. The Morgan fingerprint density at radius 1 is 1.41 bits per heavy atom. The van der Waals surface area contributed by atoms with Crippen molar-refractivity contribution >= 4 is 22.7 Å². The highest BCUT2D eigenvalue weighted by Crippen LogP contribution is 2.22. The van der Waals surface area contributed by atoms with E-state index in [1.54, 1.807) is 6.92 Å². The van der Waals surface area contributed by atoms with Crippen LogP contribution in [0.15, 0.2) is 18.2 Å². The Labute approximate surface area is 141 Å². The van der Waals surface area contributed by atoms with Gasteiger partial charge in [-0.3, -0.25) is 4.79 Å². The van der Waals surface area contributed by atoms with Crippen molar-refractivity contribution in [3.63, 3.8) is 0 Å². The maximum Gasteiger partial charge on any atom is 0.313 e. The number of ether oxygens (including phenoxy) is 1. The molecule has 1 N–H and O–H groups in total. The van der Waals surface area contributed by atoms with Crippen LogP contribution in [0.4, 0.5) is 5.69 Å². The van der Waals surface area contributed by atoms with Crippen molar-refractivity contribution in [2.45, 2.75) is 13.3 Å². The van der Waals surface area contributed by atoms with Gasteiger partial charge in [0.1, 0.15) is 12.2 Å². The molecule has 0 bridgehead atoms. The molecular formula is C16H22N4O2. The number of nitrogens with one attached hydrogen (secondary N) is 1. The maximum atomic E-state index is 11.7. The molecule has 6 heteroatoms. The molecule has 0 atom stereocenters. The van der Waals surface area contributed by atoms with Crippen LogP contribution in [0.5, 0.6) is 0 Å². The first kappa shape index (κ1) is 7.97. The predicted octanol–water partition coefficient (Wildman–Crippen LogP) is 1.42. The third-order valence-electron chi connectivity index (χ3n) is 3.05. The van der Waals surface area contributed by atoms with Crippen LogP contribution in [-0.2, 0) is 16.0 Å². The Morgan fingerprint density at radius 2 is 2.18 bits per heavy atom. The lowest BCUT2D eigenvalue weighted by Crippen LogP contribution is -2.44. The number of nitrogens with zero attached hydrogens (tertiary/aromatic N) is 3. The number of imidazole rings is 1. The molecular weight excluding hydrogens is 280 g/mol. The minimum Gasteiger partial charge on any atom is -0.466 e. The summed E-state index contributed by atoms with van der Waals surface area (Å²) in [7, 11) is 1.01. The molecule has 118 valence electrons. The molecule has 1 aliphatic rings. The minimum absolute atomic E-state index is 0.0790. The number of rotatable bonds is 4. The number of fused-ring (bicyclic) bond motifs is 1. The van der Waals surface area contributed by atoms with Crippen LogP contribution in [-0.4, -0.2) is 60.5 Å². The summed E-state index contributed by atoms with van der Waals surface area (Å²) < 4.78 is 70.7. The molecule has 0 unspecified atom stereocenters. The molecule has 1 aliphatic heterocycles. The van der Waals surface area contributed by atoms with E-state index in [1.165, 1.54) is 18.2 Å². The second kappa shape index (κ2) is 6.36. The molecule has 0 amide bonds. The summed E-state index contributed by atoms with van der Waals surface area (Å²) >= 11 is 0. The van der Waals surface area contributed by atoms with Gasteiger partial charge >= 0.3 is 5.97 Å². The van der Waals surface area contributed by atoms with Crippen LogP contribution >= 0.6 is 0 Å². The standard InChI is InChI=1S/C16H22N4O2/c1-3-22-16(21)11-15-17-13-5-4-12(10-14(13)18-15)20-8-6-19(2)7-9-20/h4-5,10H,3,6-9,11H2,1-2H3,(H,17,18)/i6D2,7D2,8D2,9D2. The molecule has 0 spiro atoms. The van der Waals surface area contributed by atoms with Gasteiger partial charge in [0.25, 0.3) is 0 Å². The number of piperazine rings is 1. The van der Waals surface area contributed by atoms with Gasteiger partial charge in [0.2, 0.25) is 0 Å². The Morgan fingerprint density at radius 3 is 2.91 bits per heavy atom. The van der Waals surface area contributed by atoms with Gasteiger partial charge in [0, 0.05) is 37.2 Å². The van der Waals surface area contributed by atoms with Gasteiger partial charge in [0.05, 0.1) is 23.1 Å². The molecule has 1 aromatic heterocycles. The molecule has 1 fully saturated rings. The quantitative estimate of drug-likeness (QED) is 0.866. The SMILES string of the molecule is [2H]C1([2H])N(C)C([2H])([2H])C([2H])([2H])N(c2ccc3nc(CC(=O)OCC)[nH]c3c2)C1([2H])[2H]. The van der Waals surface area contributed by atoms with E-state index in [9.17, 15) is 4.79 Å². The second-order valence-electron chi connectivity index (χ2n) is 4.71. The monoisotopic (exact) mass is 310 g/mol. The fourth-order valence-corrected chi connectivity index (χ4v) is 2.06. The van der Waals surface area contributed by atoms with Crippen LogP contribution in [0.2, 0.25) is 0 Å². The molecule has 6 nitrogen and oxygen atoms in total. The van der Waals surface area contributed by atoms with Crippen molar-refractivity contribution in [2.75, 3.05) is 44.5 Å². The normalized spacial score (nSPS) is 30.7. The summed E-state index contributed by atoms with van der Waals surface area (Å²) in [5, 5.41) is 0. The first-order chi connectivity index (χ1) is 13.7. The van der Waals surface area contributed by atoms with Gasteiger partial charge < -0.3 is 19.5 Å². The number of carbonyl (C=O) groups is 1. The molecule has 3 rings (SSSR count). The smallest absolute Gasteiger partial charge is 0.313 e. The molecule has 0 saturated carbocycles. The van der Waals surface area contributed by atoms with Crippen LogP contribution in [0.3, 0.4) is 0 Å². The summed E-state index contributed by atoms with van der Waals surface area (Å²) in [6.07, 6.45) is -0.112. The number of esters is 1. The van der Waals surface area contributed by atoms with Gasteiger partial charge in [-0.25, -0.2) is 4.98 Å². The van der Waals surface area contributed by atoms with E-state index in [0.717, 1.165) is 7.05 Å². The van der Waals surface area contributed by atoms with Crippen molar-refractivity contribution in [3.05, 3.63) is 24.0 Å². The molecule has 2 heterocycles. The Bertz CT molecular complexity index is 949. The van der Waals surface area contributed by atoms with Gasteiger partial charge in [-0.2, -0.15) is 0 Å². The Kier molecular flexibility index (Phi) is 2.30. The summed E-state index contributed by atoms with van der Waals surface area (Å²) in [5.41, 5.74) is 0.711. The lowest BCUT2D eigenvalue weighted by Gasteiger charge is -2.34. The van der Waals surface area contributed by atoms with Crippen molar-refractivity contribution < 1.29 is 20.5 Å².